The first kappa shape index (κ1) is 31.3. The Hall–Kier alpha value is -2.60. The molecule has 1 heterocycles. The Morgan fingerprint density at radius 3 is 1.91 bits per heavy atom. The molecule has 0 N–H and O–H groups in total. The minimum atomic E-state index is -4.42. The van der Waals surface area contributed by atoms with Gasteiger partial charge in [-0.15, -0.1) is 0 Å². The number of hydrogen-bond acceptors (Lipinski definition) is 3. The van der Waals surface area contributed by atoms with Gasteiger partial charge in [0.2, 0.25) is 0 Å². The molecule has 0 aromatic heterocycles. The summed E-state index contributed by atoms with van der Waals surface area (Å²) in [5, 5.41) is 0. The maximum absolute atomic E-state index is 15.9. The van der Waals surface area contributed by atoms with Crippen LogP contribution in [0.15, 0.2) is 70.9 Å². The molecule has 1 aliphatic heterocycles. The fourth-order valence-electron chi connectivity index (χ4n) is 24.9. The molecule has 0 spiro atoms. The smallest absolute Gasteiger partial charge is 0.460 e. The lowest BCUT2D eigenvalue weighted by Crippen LogP contribution is -2.57. The Bertz CT molecular complexity index is 2360. The summed E-state index contributed by atoms with van der Waals surface area (Å²) in [5.41, 5.74) is 8.61. The van der Waals surface area contributed by atoms with Gasteiger partial charge in [0, 0.05) is 24.4 Å². The Kier molecular flexibility index (Phi) is 5.00. The number of hydrogen-bond donors (Lipinski definition) is 0. The van der Waals surface area contributed by atoms with Crippen LogP contribution < -0.4 is 0 Å². The predicted octanol–water partition coefficient (Wildman–Crippen LogP) is 9.48. The molecule has 0 radical (unpaired) electrons. The van der Waals surface area contributed by atoms with Crippen molar-refractivity contribution in [3.05, 3.63) is 82.0 Å². The number of carbonyl (C=O) groups is 1. The number of esters is 1. The second-order valence-corrected chi connectivity index (χ2v) is 23.8. The first-order valence-corrected chi connectivity index (χ1v) is 24.3. The lowest BCUT2D eigenvalue weighted by Gasteiger charge is -2.60. The van der Waals surface area contributed by atoms with Crippen molar-refractivity contribution in [1.29, 1.82) is 0 Å². The average Bonchev–Trinajstić information content (AvgIpc) is 4.08. The fraction of sp³-hybridized carbons (Fsp3) is 0.712. The van der Waals surface area contributed by atoms with Gasteiger partial charge >= 0.3 is 12.3 Å². The van der Waals surface area contributed by atoms with Gasteiger partial charge in [0.25, 0.3) is 0 Å². The summed E-state index contributed by atoms with van der Waals surface area (Å²) in [6.45, 7) is 2.22. The number of fused-ring (bicyclic) bond motifs is 8. The summed E-state index contributed by atoms with van der Waals surface area (Å²) in [4.78, 5) is 13.8. The van der Waals surface area contributed by atoms with Gasteiger partial charge in [-0.2, -0.15) is 13.2 Å². The number of nitrogens with zero attached hydrogens (tertiary/aromatic N) is 1. The van der Waals surface area contributed by atoms with Crippen LogP contribution in [0.1, 0.15) is 54.6 Å². The van der Waals surface area contributed by atoms with Crippen LogP contribution >= 0.6 is 0 Å². The minimum Gasteiger partial charge on any atom is -0.462 e. The highest BCUT2D eigenvalue weighted by molar-refractivity contribution is 5.89. The highest BCUT2D eigenvalue weighted by atomic mass is 19.4. The van der Waals surface area contributed by atoms with Crippen LogP contribution in [-0.4, -0.2) is 30.3 Å². The van der Waals surface area contributed by atoms with Crippen LogP contribution in [0.3, 0.4) is 0 Å². The molecule has 10 saturated carbocycles. The maximum atomic E-state index is 15.9. The molecule has 1 saturated heterocycles. The van der Waals surface area contributed by atoms with Gasteiger partial charge in [0.1, 0.15) is 0 Å². The number of halogens is 3. The van der Waals surface area contributed by atoms with E-state index < -0.39 is 18.3 Å². The summed E-state index contributed by atoms with van der Waals surface area (Å²) in [6.07, 6.45) is 12.2. The predicted molar refractivity (Wildman–Crippen MR) is 206 cm³/mol. The molecule has 298 valence electrons. The molecular formula is C52H52F3NO2. The minimum absolute atomic E-state index is 0.0424. The molecule has 17 aliphatic rings. The molecule has 1 aromatic rings. The van der Waals surface area contributed by atoms with E-state index in [2.05, 4.69) is 29.9 Å². The molecule has 3 nitrogen and oxygen atoms in total. The number of ether oxygens (including phenoxy) is 1. The molecule has 29 unspecified atom stereocenters. The summed E-state index contributed by atoms with van der Waals surface area (Å²) in [7, 11) is 0. The quantitative estimate of drug-likeness (QED) is 0.174. The number of carbonyl (C=O) groups excluding carboxylic acids is 1. The van der Waals surface area contributed by atoms with Crippen LogP contribution in [-0.2, 0) is 4.74 Å². The number of allylic oxidation sites excluding steroid dienone is 7. The average molecular weight is 780 g/mol. The lowest BCUT2D eigenvalue weighted by atomic mass is 9.44. The van der Waals surface area contributed by atoms with Crippen molar-refractivity contribution < 1.29 is 22.7 Å². The van der Waals surface area contributed by atoms with Crippen molar-refractivity contribution in [2.45, 2.75) is 44.9 Å². The maximum Gasteiger partial charge on any atom is 0.460 e. The van der Waals surface area contributed by atoms with Crippen molar-refractivity contribution in [1.82, 2.24) is 4.90 Å². The van der Waals surface area contributed by atoms with Gasteiger partial charge in [-0.25, -0.2) is 9.69 Å². The molecule has 18 rings (SSSR count). The fourth-order valence-corrected chi connectivity index (χ4v) is 24.9. The van der Waals surface area contributed by atoms with E-state index in [0.29, 0.717) is 58.8 Å². The molecule has 29 atom stereocenters. The Morgan fingerprint density at radius 2 is 1.14 bits per heavy atom. The molecular weight excluding hydrogens is 728 g/mol. The normalized spacial score (nSPS) is 63.5. The van der Waals surface area contributed by atoms with E-state index in [9.17, 15) is 4.79 Å². The van der Waals surface area contributed by atoms with Crippen molar-refractivity contribution in [2.24, 2.45) is 166 Å². The van der Waals surface area contributed by atoms with Gasteiger partial charge in [-0.1, -0.05) is 58.7 Å². The summed E-state index contributed by atoms with van der Waals surface area (Å²) in [5.74, 6) is 18.7. The third-order valence-corrected chi connectivity index (χ3v) is 24.2. The molecule has 11 fully saturated rings. The molecule has 16 aliphatic carbocycles. The van der Waals surface area contributed by atoms with E-state index in [1.165, 1.54) is 31.3 Å². The summed E-state index contributed by atoms with van der Waals surface area (Å²) >= 11 is 0. The van der Waals surface area contributed by atoms with Gasteiger partial charge in [-0.05, 0) is 204 Å². The van der Waals surface area contributed by atoms with Gasteiger partial charge in [0.05, 0.1) is 12.2 Å². The second-order valence-electron chi connectivity index (χ2n) is 23.8. The van der Waals surface area contributed by atoms with E-state index in [1.807, 2.05) is 17.7 Å². The number of benzene rings is 1. The van der Waals surface area contributed by atoms with E-state index in [0.717, 1.165) is 105 Å². The third-order valence-electron chi connectivity index (χ3n) is 24.2. The highest BCUT2D eigenvalue weighted by Crippen LogP contribution is 2.91. The Balaban J connectivity index is 0.922. The largest absolute Gasteiger partial charge is 0.462 e. The summed E-state index contributed by atoms with van der Waals surface area (Å²) < 4.78 is 53.1. The van der Waals surface area contributed by atoms with Crippen LogP contribution in [0, 0.1) is 166 Å². The summed E-state index contributed by atoms with van der Waals surface area (Å²) in [6, 6.07) is 6.50. The van der Waals surface area contributed by atoms with Gasteiger partial charge < -0.3 is 4.74 Å². The molecule has 6 heteroatoms. The van der Waals surface area contributed by atoms with E-state index in [-0.39, 0.29) is 30.9 Å². The number of rotatable bonds is 3. The molecule has 58 heavy (non-hydrogen) atoms. The zero-order chi connectivity index (χ0) is 37.5. The van der Waals surface area contributed by atoms with Crippen molar-refractivity contribution in [3.63, 3.8) is 0 Å². The second kappa shape index (κ2) is 9.26. The van der Waals surface area contributed by atoms with Crippen molar-refractivity contribution >= 4 is 5.97 Å². The van der Waals surface area contributed by atoms with E-state index >= 15 is 13.2 Å². The monoisotopic (exact) mass is 779 g/mol. The van der Waals surface area contributed by atoms with Crippen molar-refractivity contribution in [3.8, 4) is 0 Å². The first-order chi connectivity index (χ1) is 28.4. The first-order valence-electron chi connectivity index (χ1n) is 24.3. The topological polar surface area (TPSA) is 29.5 Å². The standard InChI is InChI=1S/C52H52F3NO2/c1-2-58-51(57)17-5-3-16(4-6-17)50-37-26(15-56(50)52(53,54)55)27-24-13-11-22-20-9-7-18-19-8-10-21-23-12-14-25-35-33(23)41-31(21)29(19)39-28(18)30(20)40-32(22)34(24)42-38(27)44(36(25)37)43(35)49-47(41)45(39)46(40)48(42)49/h3-6,8,10,12,14,18-35,37-40,42-43,45-46,48-50H,2,7,9,11,13,15H2,1H3. The molecule has 0 amide bonds. The van der Waals surface area contributed by atoms with Gasteiger partial charge in [-0.3, -0.25) is 0 Å². The number of alkyl halides is 3. The van der Waals surface area contributed by atoms with Crippen LogP contribution in [0.25, 0.3) is 0 Å². The Morgan fingerprint density at radius 1 is 0.569 bits per heavy atom. The van der Waals surface area contributed by atoms with Crippen LogP contribution in [0.2, 0.25) is 0 Å². The SMILES string of the molecule is CCOC(=O)c1ccc(C2C3C4=C5C6C7C8=C9C%10C(C=CC4C%106)C4C=CC6C%10CCC%11C%12CCC%13C(C3CN2C(F)(F)F)C5C2C%13C%12C3C%11C%10C(C8C3C72)C6C94)cc1. The van der Waals surface area contributed by atoms with Gasteiger partial charge in [0.15, 0.2) is 0 Å². The zero-order valence-corrected chi connectivity index (χ0v) is 33.0. The Labute approximate surface area is 338 Å². The highest BCUT2D eigenvalue weighted by Gasteiger charge is 2.86. The van der Waals surface area contributed by atoms with Crippen molar-refractivity contribution in [2.75, 3.05) is 13.2 Å². The molecule has 1 aromatic carbocycles. The lowest BCUT2D eigenvalue weighted by molar-refractivity contribution is -0.253. The number of likely N-dealkylation sites (tertiary alicyclic amines) is 1. The van der Waals surface area contributed by atoms with E-state index in [1.54, 1.807) is 24.6 Å². The van der Waals surface area contributed by atoms with Crippen LogP contribution in [0.4, 0.5) is 13.2 Å². The third kappa shape index (κ3) is 2.81. The zero-order valence-electron chi connectivity index (χ0n) is 33.0. The van der Waals surface area contributed by atoms with Crippen LogP contribution in [0.5, 0.6) is 0 Å². The molecule has 0 bridgehead atoms. The van der Waals surface area contributed by atoms with E-state index in [4.69, 9.17) is 4.74 Å².